The van der Waals surface area contributed by atoms with E-state index in [1.165, 1.54) is 6.07 Å². The van der Waals surface area contributed by atoms with Crippen LogP contribution in [0.15, 0.2) is 42.6 Å². The average molecular weight is 435 g/mol. The van der Waals surface area contributed by atoms with Crippen molar-refractivity contribution in [3.8, 4) is 0 Å². The van der Waals surface area contributed by atoms with E-state index in [1.54, 1.807) is 34.2 Å². The fourth-order valence-electron chi connectivity index (χ4n) is 4.26. The van der Waals surface area contributed by atoms with E-state index in [-0.39, 0.29) is 31.4 Å². The molecule has 6 nitrogen and oxygen atoms in total. The lowest BCUT2D eigenvalue weighted by Gasteiger charge is -2.42. The van der Waals surface area contributed by atoms with E-state index < -0.39 is 17.3 Å². The second kappa shape index (κ2) is 8.37. The lowest BCUT2D eigenvalue weighted by Crippen LogP contribution is -2.53. The lowest BCUT2D eigenvalue weighted by atomic mass is 9.90. The van der Waals surface area contributed by atoms with Crippen molar-refractivity contribution < 1.29 is 27.5 Å². The summed E-state index contributed by atoms with van der Waals surface area (Å²) in [5, 5.41) is 0. The smallest absolute Gasteiger partial charge is 0.372 e. The Bertz CT molecular complexity index is 935. The summed E-state index contributed by atoms with van der Waals surface area (Å²) in [4.78, 5) is 31.4. The number of carbonyl (C=O) groups excluding carboxylic acids is 2. The predicted molar refractivity (Wildman–Crippen MR) is 106 cm³/mol. The van der Waals surface area contributed by atoms with Crippen molar-refractivity contribution in [2.24, 2.45) is 0 Å². The highest BCUT2D eigenvalue weighted by Crippen LogP contribution is 2.33. The first-order valence-electron chi connectivity index (χ1n) is 10.3. The van der Waals surface area contributed by atoms with Crippen molar-refractivity contribution in [3.05, 3.63) is 59.4 Å². The molecule has 1 aromatic heterocycles. The van der Waals surface area contributed by atoms with Crippen LogP contribution in [0.25, 0.3) is 0 Å². The first-order valence-corrected chi connectivity index (χ1v) is 10.3. The molecule has 1 aromatic carbocycles. The van der Waals surface area contributed by atoms with Crippen LogP contribution < -0.4 is 0 Å². The fraction of sp³-hybridized carbons (Fsp3) is 0.455. The molecule has 0 aliphatic carbocycles. The van der Waals surface area contributed by atoms with Crippen molar-refractivity contribution in [3.63, 3.8) is 0 Å². The number of halogens is 3. The molecule has 2 aromatic rings. The molecule has 0 atom stereocenters. The summed E-state index contributed by atoms with van der Waals surface area (Å²) in [6.07, 6.45) is -1.42. The normalized spacial score (nSPS) is 19.5. The molecule has 2 saturated heterocycles. The third-order valence-corrected chi connectivity index (χ3v) is 5.97. The predicted octanol–water partition coefficient (Wildman–Crippen LogP) is 3.46. The number of ether oxygens (including phenoxy) is 1. The number of likely N-dealkylation sites (tertiary alicyclic amines) is 1. The molecule has 2 aliphatic rings. The van der Waals surface area contributed by atoms with Gasteiger partial charge in [0.15, 0.2) is 0 Å². The van der Waals surface area contributed by atoms with Crippen LogP contribution in [0, 0.1) is 0 Å². The average Bonchev–Trinajstić information content (AvgIpc) is 3.23. The number of amides is 2. The van der Waals surface area contributed by atoms with Crippen LogP contribution in [0.1, 0.15) is 40.9 Å². The van der Waals surface area contributed by atoms with E-state index in [1.807, 2.05) is 0 Å². The zero-order valence-electron chi connectivity index (χ0n) is 17.0. The van der Waals surface area contributed by atoms with Gasteiger partial charge in [-0.2, -0.15) is 13.2 Å². The van der Waals surface area contributed by atoms with Crippen molar-refractivity contribution in [2.75, 3.05) is 26.2 Å². The fourth-order valence-corrected chi connectivity index (χ4v) is 4.26. The zero-order chi connectivity index (χ0) is 22.1. The number of nitrogens with zero attached hydrogens (tertiary/aromatic N) is 2. The maximum Gasteiger partial charge on any atom is 0.416 e. The van der Waals surface area contributed by atoms with Gasteiger partial charge in [0.1, 0.15) is 5.69 Å². The van der Waals surface area contributed by atoms with Crippen LogP contribution >= 0.6 is 0 Å². The van der Waals surface area contributed by atoms with Gasteiger partial charge in [0.2, 0.25) is 5.91 Å². The Hall–Kier alpha value is -2.81. The third-order valence-electron chi connectivity index (χ3n) is 5.97. The molecule has 2 amide bonds. The van der Waals surface area contributed by atoms with Gasteiger partial charge in [0.05, 0.1) is 30.7 Å². The second-order valence-corrected chi connectivity index (χ2v) is 8.11. The Kier molecular flexibility index (Phi) is 5.79. The van der Waals surface area contributed by atoms with Crippen molar-refractivity contribution >= 4 is 11.8 Å². The number of rotatable bonds is 3. The van der Waals surface area contributed by atoms with Crippen LogP contribution in [0.2, 0.25) is 0 Å². The molecule has 31 heavy (non-hydrogen) atoms. The van der Waals surface area contributed by atoms with Gasteiger partial charge in [-0.3, -0.25) is 9.59 Å². The number of H-pyrrole nitrogens is 1. The highest BCUT2D eigenvalue weighted by Gasteiger charge is 2.41. The summed E-state index contributed by atoms with van der Waals surface area (Å²) in [6.45, 7) is 1.64. The Labute approximate surface area is 178 Å². The van der Waals surface area contributed by atoms with Gasteiger partial charge in [-0.25, -0.2) is 0 Å². The number of aromatic amines is 1. The van der Waals surface area contributed by atoms with Crippen molar-refractivity contribution in [1.29, 1.82) is 0 Å². The summed E-state index contributed by atoms with van der Waals surface area (Å²) in [5.41, 5.74) is -0.367. The molecule has 1 N–H and O–H groups in total. The number of nitrogens with one attached hydrogen (secondary N) is 1. The third kappa shape index (κ3) is 4.76. The van der Waals surface area contributed by atoms with Gasteiger partial charge >= 0.3 is 6.18 Å². The SMILES string of the molecule is O=C1CCOC2(CCN(C(=O)c3ccc[nH]3)CC2)CN1Cc1cccc(C(F)(F)F)c1. The highest BCUT2D eigenvalue weighted by molar-refractivity contribution is 5.92. The van der Waals surface area contributed by atoms with E-state index in [2.05, 4.69) is 4.98 Å². The van der Waals surface area contributed by atoms with Gasteiger partial charge in [-0.15, -0.1) is 0 Å². The molecule has 9 heteroatoms. The number of aromatic nitrogens is 1. The zero-order valence-corrected chi connectivity index (χ0v) is 17.0. The minimum atomic E-state index is -4.43. The molecule has 4 rings (SSSR count). The van der Waals surface area contributed by atoms with E-state index in [0.717, 1.165) is 12.1 Å². The van der Waals surface area contributed by atoms with E-state index >= 15 is 0 Å². The van der Waals surface area contributed by atoms with Crippen molar-refractivity contribution in [2.45, 2.75) is 37.6 Å². The summed E-state index contributed by atoms with van der Waals surface area (Å²) >= 11 is 0. The topological polar surface area (TPSA) is 65.6 Å². The molecule has 0 bridgehead atoms. The van der Waals surface area contributed by atoms with Crippen molar-refractivity contribution in [1.82, 2.24) is 14.8 Å². The molecule has 166 valence electrons. The first-order chi connectivity index (χ1) is 14.8. The molecule has 2 fully saturated rings. The maximum absolute atomic E-state index is 13.0. The number of hydrogen-bond donors (Lipinski definition) is 1. The number of hydrogen-bond acceptors (Lipinski definition) is 3. The number of alkyl halides is 3. The van der Waals surface area contributed by atoms with Crippen LogP contribution in [0.4, 0.5) is 13.2 Å². The molecule has 2 aliphatic heterocycles. The maximum atomic E-state index is 13.0. The van der Waals surface area contributed by atoms with E-state index in [9.17, 15) is 22.8 Å². The molecule has 0 unspecified atom stereocenters. The molecule has 1 spiro atoms. The monoisotopic (exact) mass is 435 g/mol. The van der Waals surface area contributed by atoms with Crippen LogP contribution in [0.5, 0.6) is 0 Å². The van der Waals surface area contributed by atoms with Crippen LogP contribution in [-0.4, -0.2) is 58.4 Å². The van der Waals surface area contributed by atoms with Gasteiger partial charge in [0.25, 0.3) is 5.91 Å². The van der Waals surface area contributed by atoms with Gasteiger partial charge in [-0.05, 0) is 42.7 Å². The molecule has 0 saturated carbocycles. The summed E-state index contributed by atoms with van der Waals surface area (Å²) in [7, 11) is 0. The molecular formula is C22H24F3N3O3. The number of benzene rings is 1. The highest BCUT2D eigenvalue weighted by atomic mass is 19.4. The lowest BCUT2D eigenvalue weighted by molar-refractivity contribution is -0.137. The second-order valence-electron chi connectivity index (χ2n) is 8.11. The minimum Gasteiger partial charge on any atom is -0.372 e. The number of piperidine rings is 1. The quantitative estimate of drug-likeness (QED) is 0.803. The summed E-state index contributed by atoms with van der Waals surface area (Å²) in [5.74, 6) is -0.218. The van der Waals surface area contributed by atoms with E-state index in [4.69, 9.17) is 4.74 Å². The van der Waals surface area contributed by atoms with Gasteiger partial charge in [0, 0.05) is 25.8 Å². The molecule has 0 radical (unpaired) electrons. The minimum absolute atomic E-state index is 0.0784. The number of carbonyl (C=O) groups is 2. The molecular weight excluding hydrogens is 411 g/mol. The standard InChI is InChI=1S/C22H24F3N3O3/c23-22(24,25)17-4-1-3-16(13-17)14-28-15-21(31-12-6-19(28)29)7-10-27(11-8-21)20(30)18-5-2-9-26-18/h1-5,9,13,26H,6-8,10-12,14-15H2. The Morgan fingerprint density at radius 3 is 2.61 bits per heavy atom. The van der Waals surface area contributed by atoms with Crippen LogP contribution in [-0.2, 0) is 22.3 Å². The van der Waals surface area contributed by atoms with Crippen LogP contribution in [0.3, 0.4) is 0 Å². The summed E-state index contributed by atoms with van der Waals surface area (Å²) < 4.78 is 45.2. The van der Waals surface area contributed by atoms with Gasteiger partial charge < -0.3 is 19.5 Å². The first kappa shape index (κ1) is 21.4. The Morgan fingerprint density at radius 1 is 1.16 bits per heavy atom. The summed E-state index contributed by atoms with van der Waals surface area (Å²) in [6, 6.07) is 8.56. The Balaban J connectivity index is 1.45. The molecule has 3 heterocycles. The van der Waals surface area contributed by atoms with Gasteiger partial charge in [-0.1, -0.05) is 12.1 Å². The van der Waals surface area contributed by atoms with E-state index in [0.29, 0.717) is 43.7 Å². The Morgan fingerprint density at radius 2 is 1.94 bits per heavy atom. The largest absolute Gasteiger partial charge is 0.416 e.